The van der Waals surface area contributed by atoms with Gasteiger partial charge < -0.3 is 14.2 Å². The van der Waals surface area contributed by atoms with Gasteiger partial charge in [-0.2, -0.15) is 0 Å². The van der Waals surface area contributed by atoms with Crippen LogP contribution in [0.25, 0.3) is 0 Å². The Bertz CT molecular complexity index is 607. The van der Waals surface area contributed by atoms with E-state index in [1.807, 2.05) is 0 Å². The molecule has 1 heterocycles. The molecule has 1 spiro atoms. The normalized spacial score (nSPS) is 48.0. The first kappa shape index (κ1) is 18.6. The summed E-state index contributed by atoms with van der Waals surface area (Å²) in [6, 6.07) is 0. The molecule has 3 saturated carbocycles. The predicted molar refractivity (Wildman–Crippen MR) is 106 cm³/mol. The van der Waals surface area contributed by atoms with Crippen molar-refractivity contribution in [3.63, 3.8) is 0 Å². The van der Waals surface area contributed by atoms with E-state index in [9.17, 15) is 0 Å². The molecule has 0 aromatic carbocycles. The van der Waals surface area contributed by atoms with E-state index >= 15 is 0 Å². The van der Waals surface area contributed by atoms with Crippen molar-refractivity contribution in [2.45, 2.75) is 90.4 Å². The van der Waals surface area contributed by atoms with Gasteiger partial charge in [-0.3, -0.25) is 0 Å². The van der Waals surface area contributed by atoms with Gasteiger partial charge in [-0.05, 0) is 73.5 Å². The molecule has 5 aliphatic rings. The fourth-order valence-electron chi connectivity index (χ4n) is 7.83. The summed E-state index contributed by atoms with van der Waals surface area (Å²) in [4.78, 5) is 0. The minimum atomic E-state index is -0.284. The molecule has 3 nitrogen and oxygen atoms in total. The van der Waals surface area contributed by atoms with Gasteiger partial charge in [-0.1, -0.05) is 32.4 Å². The molecule has 0 amide bonds. The molecule has 1 aliphatic heterocycles. The fraction of sp³-hybridized carbons (Fsp3) is 0.917. The zero-order chi connectivity index (χ0) is 18.7. The van der Waals surface area contributed by atoms with Crippen molar-refractivity contribution in [3.05, 3.63) is 11.6 Å². The highest BCUT2D eigenvalue weighted by molar-refractivity contribution is 5.26. The van der Waals surface area contributed by atoms with Crippen molar-refractivity contribution in [2.75, 3.05) is 19.8 Å². The van der Waals surface area contributed by atoms with Crippen molar-refractivity contribution in [1.82, 2.24) is 0 Å². The fourth-order valence-corrected chi connectivity index (χ4v) is 7.83. The molecule has 5 rings (SSSR count). The van der Waals surface area contributed by atoms with E-state index in [1.54, 1.807) is 5.57 Å². The summed E-state index contributed by atoms with van der Waals surface area (Å²) < 4.78 is 18.5. The first-order valence-corrected chi connectivity index (χ1v) is 11.6. The highest BCUT2D eigenvalue weighted by atomic mass is 16.7. The molecule has 6 atom stereocenters. The number of hydrogen-bond donors (Lipinski definition) is 0. The van der Waals surface area contributed by atoms with E-state index in [0.29, 0.717) is 16.9 Å². The molecule has 4 fully saturated rings. The Morgan fingerprint density at radius 2 is 1.85 bits per heavy atom. The minimum Gasteiger partial charge on any atom is -0.378 e. The van der Waals surface area contributed by atoms with Crippen molar-refractivity contribution in [1.29, 1.82) is 0 Å². The maximum atomic E-state index is 6.35. The van der Waals surface area contributed by atoms with E-state index in [0.717, 1.165) is 56.8 Å². The lowest BCUT2D eigenvalue weighted by atomic mass is 9.47. The molecule has 0 unspecified atom stereocenters. The summed E-state index contributed by atoms with van der Waals surface area (Å²) in [5, 5.41) is 0. The molecule has 0 aromatic heterocycles. The topological polar surface area (TPSA) is 27.7 Å². The lowest BCUT2D eigenvalue weighted by Crippen LogP contribution is -2.53. The smallest absolute Gasteiger partial charge is 0.172 e. The highest BCUT2D eigenvalue weighted by Crippen LogP contribution is 2.66. The number of ether oxygens (including phenoxy) is 3. The molecular weight excluding hydrogens is 336 g/mol. The summed E-state index contributed by atoms with van der Waals surface area (Å²) in [6.07, 6.45) is 14.2. The first-order valence-electron chi connectivity index (χ1n) is 11.6. The monoisotopic (exact) mass is 374 g/mol. The first-order chi connectivity index (χ1) is 13.0. The van der Waals surface area contributed by atoms with Gasteiger partial charge in [0.1, 0.15) is 0 Å². The Morgan fingerprint density at radius 1 is 1.04 bits per heavy atom. The van der Waals surface area contributed by atoms with Crippen LogP contribution in [-0.4, -0.2) is 31.7 Å². The van der Waals surface area contributed by atoms with Gasteiger partial charge in [0.15, 0.2) is 5.79 Å². The molecule has 0 radical (unpaired) electrons. The molecular formula is C24H38O3. The Kier molecular flexibility index (Phi) is 4.53. The van der Waals surface area contributed by atoms with Crippen molar-refractivity contribution in [3.8, 4) is 0 Å². The van der Waals surface area contributed by atoms with Crippen LogP contribution in [0.3, 0.4) is 0 Å². The zero-order valence-corrected chi connectivity index (χ0v) is 17.6. The van der Waals surface area contributed by atoms with E-state index < -0.39 is 0 Å². The molecule has 0 N–H and O–H groups in total. The van der Waals surface area contributed by atoms with Gasteiger partial charge in [0.25, 0.3) is 0 Å². The van der Waals surface area contributed by atoms with E-state index in [-0.39, 0.29) is 5.79 Å². The third kappa shape index (κ3) is 2.71. The van der Waals surface area contributed by atoms with Crippen LogP contribution in [0.5, 0.6) is 0 Å². The number of rotatable bonds is 3. The average Bonchev–Trinajstić information content (AvgIpc) is 3.25. The van der Waals surface area contributed by atoms with Crippen LogP contribution in [-0.2, 0) is 14.2 Å². The Hall–Kier alpha value is -0.380. The average molecular weight is 375 g/mol. The van der Waals surface area contributed by atoms with E-state index in [2.05, 4.69) is 26.8 Å². The molecule has 27 heavy (non-hydrogen) atoms. The summed E-state index contributed by atoms with van der Waals surface area (Å²) in [6.45, 7) is 9.84. The largest absolute Gasteiger partial charge is 0.378 e. The van der Waals surface area contributed by atoms with Crippen LogP contribution < -0.4 is 0 Å². The number of fused-ring (bicyclic) bond motifs is 5. The lowest BCUT2D eigenvalue weighted by Gasteiger charge is -2.58. The Labute approximate surface area is 165 Å². The van der Waals surface area contributed by atoms with E-state index in [4.69, 9.17) is 14.2 Å². The standard InChI is InChI=1S/C24H38O3/c1-4-13-25-21-8-7-19-18-6-5-17-16-24(26-14-15-27-24)12-11-22(17,2)20(18)9-10-23(19,21)3/h5,18-21H,4,6-16H2,1-3H3/t18-,19-,20-,21-,22-,23-/m0/s1. The molecule has 0 bridgehead atoms. The van der Waals surface area contributed by atoms with Gasteiger partial charge in [-0.25, -0.2) is 0 Å². The molecule has 152 valence electrons. The SMILES string of the molecule is CCCO[C@H]1CC[C@H]2[C@@H]3CC=C4CC5(CC[C@]4(C)[C@H]3CC[C@]12C)OCCO5. The van der Waals surface area contributed by atoms with Crippen LogP contribution in [0.4, 0.5) is 0 Å². The number of allylic oxidation sites excluding steroid dienone is 1. The van der Waals surface area contributed by atoms with Crippen LogP contribution in [0.15, 0.2) is 11.6 Å². The summed E-state index contributed by atoms with van der Waals surface area (Å²) in [5.74, 6) is 2.27. The summed E-state index contributed by atoms with van der Waals surface area (Å²) >= 11 is 0. The maximum absolute atomic E-state index is 6.35. The van der Waals surface area contributed by atoms with Gasteiger partial charge in [-0.15, -0.1) is 0 Å². The van der Waals surface area contributed by atoms with Crippen LogP contribution >= 0.6 is 0 Å². The van der Waals surface area contributed by atoms with Crippen LogP contribution in [0.2, 0.25) is 0 Å². The zero-order valence-electron chi connectivity index (χ0n) is 17.6. The lowest BCUT2D eigenvalue weighted by molar-refractivity contribution is -0.186. The molecule has 1 saturated heterocycles. The highest BCUT2D eigenvalue weighted by Gasteiger charge is 2.60. The second-order valence-electron chi connectivity index (χ2n) is 10.5. The second-order valence-corrected chi connectivity index (χ2v) is 10.5. The maximum Gasteiger partial charge on any atom is 0.172 e. The van der Waals surface area contributed by atoms with Crippen LogP contribution in [0, 0.1) is 28.6 Å². The summed E-state index contributed by atoms with van der Waals surface area (Å²) in [7, 11) is 0. The van der Waals surface area contributed by atoms with Gasteiger partial charge in [0, 0.05) is 19.4 Å². The number of hydrogen-bond acceptors (Lipinski definition) is 3. The summed E-state index contributed by atoms with van der Waals surface area (Å²) in [5.41, 5.74) is 2.43. The predicted octanol–water partition coefficient (Wildman–Crippen LogP) is 5.49. The Balaban J connectivity index is 1.39. The molecule has 4 aliphatic carbocycles. The van der Waals surface area contributed by atoms with Gasteiger partial charge in [0.2, 0.25) is 0 Å². The molecule has 3 heteroatoms. The third-order valence-electron chi connectivity index (χ3n) is 9.36. The Morgan fingerprint density at radius 3 is 2.63 bits per heavy atom. The molecule has 0 aromatic rings. The third-order valence-corrected chi connectivity index (χ3v) is 9.36. The van der Waals surface area contributed by atoms with Gasteiger partial charge in [0.05, 0.1) is 19.3 Å². The van der Waals surface area contributed by atoms with Gasteiger partial charge >= 0.3 is 0 Å². The minimum absolute atomic E-state index is 0.284. The van der Waals surface area contributed by atoms with Crippen LogP contribution in [0.1, 0.15) is 78.6 Å². The van der Waals surface area contributed by atoms with Crippen molar-refractivity contribution < 1.29 is 14.2 Å². The van der Waals surface area contributed by atoms with Crippen molar-refractivity contribution >= 4 is 0 Å². The second kappa shape index (κ2) is 6.57. The quantitative estimate of drug-likeness (QED) is 0.612. The van der Waals surface area contributed by atoms with E-state index in [1.165, 1.54) is 38.5 Å². The van der Waals surface area contributed by atoms with Crippen molar-refractivity contribution in [2.24, 2.45) is 28.6 Å².